The van der Waals surface area contributed by atoms with E-state index in [1.807, 2.05) is 37.4 Å². The van der Waals surface area contributed by atoms with E-state index in [4.69, 9.17) is 4.74 Å². The number of hydrogen-bond acceptors (Lipinski definition) is 5. The highest BCUT2D eigenvalue weighted by atomic mass is 32.1. The Labute approximate surface area is 157 Å². The number of thiazole rings is 1. The van der Waals surface area contributed by atoms with Crippen LogP contribution in [0.2, 0.25) is 0 Å². The lowest BCUT2D eigenvalue weighted by Gasteiger charge is -2.11. The molecule has 1 amide bonds. The fourth-order valence-corrected chi connectivity index (χ4v) is 2.98. The summed E-state index contributed by atoms with van der Waals surface area (Å²) >= 11 is 1.69. The van der Waals surface area contributed by atoms with Crippen LogP contribution < -0.4 is 20.7 Å². The second-order valence-corrected chi connectivity index (χ2v) is 6.91. The first kappa shape index (κ1) is 19.7. The molecule has 7 nitrogen and oxygen atoms in total. The van der Waals surface area contributed by atoms with Crippen molar-refractivity contribution in [1.82, 2.24) is 20.9 Å². The molecule has 0 atom stereocenters. The lowest BCUT2D eigenvalue weighted by Crippen LogP contribution is -2.43. The molecule has 0 aliphatic carbocycles. The number of aromatic nitrogens is 1. The third-order valence-corrected chi connectivity index (χ3v) is 4.56. The van der Waals surface area contributed by atoms with E-state index in [2.05, 4.69) is 25.9 Å². The molecule has 8 heteroatoms. The van der Waals surface area contributed by atoms with E-state index in [1.54, 1.807) is 25.5 Å². The van der Waals surface area contributed by atoms with E-state index in [9.17, 15) is 4.79 Å². The molecule has 0 spiro atoms. The Bertz CT molecular complexity index is 727. The van der Waals surface area contributed by atoms with Gasteiger partial charge >= 0.3 is 0 Å². The van der Waals surface area contributed by atoms with Crippen LogP contribution >= 0.6 is 11.3 Å². The van der Waals surface area contributed by atoms with Crippen molar-refractivity contribution < 1.29 is 9.53 Å². The predicted octanol–water partition coefficient (Wildman–Crippen LogP) is 1.48. The summed E-state index contributed by atoms with van der Waals surface area (Å²) in [6.07, 6.45) is 2.70. The zero-order chi connectivity index (χ0) is 18.8. The quantitative estimate of drug-likeness (QED) is 0.481. The molecule has 0 saturated heterocycles. The minimum Gasteiger partial charge on any atom is -0.497 e. The number of amides is 1. The van der Waals surface area contributed by atoms with Crippen LogP contribution in [0.5, 0.6) is 5.75 Å². The third-order valence-electron chi connectivity index (χ3n) is 3.59. The van der Waals surface area contributed by atoms with Crippen molar-refractivity contribution in [3.8, 4) is 5.75 Å². The van der Waals surface area contributed by atoms with Gasteiger partial charge in [0, 0.05) is 37.6 Å². The van der Waals surface area contributed by atoms with Gasteiger partial charge in [0.25, 0.3) is 0 Å². The smallest absolute Gasteiger partial charge is 0.239 e. The van der Waals surface area contributed by atoms with Crippen molar-refractivity contribution >= 4 is 23.2 Å². The molecule has 0 aliphatic heterocycles. The Kier molecular flexibility index (Phi) is 7.88. The van der Waals surface area contributed by atoms with Gasteiger partial charge in [0.05, 0.1) is 18.7 Å². The number of rotatable bonds is 8. The number of aliphatic imine (C=N–C) groups is 1. The summed E-state index contributed by atoms with van der Waals surface area (Å²) in [5.41, 5.74) is 1.01. The van der Waals surface area contributed by atoms with E-state index in [0.29, 0.717) is 19.0 Å². The Hall–Kier alpha value is -2.61. The third kappa shape index (κ3) is 6.72. The molecule has 2 rings (SSSR count). The van der Waals surface area contributed by atoms with Gasteiger partial charge in [-0.3, -0.25) is 9.79 Å². The number of carbonyl (C=O) groups excluding carboxylic acids is 1. The first-order chi connectivity index (χ1) is 12.6. The summed E-state index contributed by atoms with van der Waals surface area (Å²) in [6.45, 7) is 3.38. The molecule has 3 N–H and O–H groups in total. The number of nitrogens with one attached hydrogen (secondary N) is 3. The van der Waals surface area contributed by atoms with E-state index < -0.39 is 0 Å². The Morgan fingerprint density at radius 3 is 2.62 bits per heavy atom. The normalized spacial score (nSPS) is 11.1. The van der Waals surface area contributed by atoms with E-state index in [0.717, 1.165) is 22.7 Å². The minimum absolute atomic E-state index is 0.0979. The highest BCUT2D eigenvalue weighted by molar-refractivity contribution is 7.11. The molecule has 0 saturated carbocycles. The lowest BCUT2D eigenvalue weighted by molar-refractivity contribution is -0.120. The van der Waals surface area contributed by atoms with Gasteiger partial charge < -0.3 is 20.7 Å². The van der Waals surface area contributed by atoms with Crippen LogP contribution in [0.1, 0.15) is 15.4 Å². The topological polar surface area (TPSA) is 87.6 Å². The molecule has 0 bridgehead atoms. The van der Waals surface area contributed by atoms with Crippen LogP contribution in [0.3, 0.4) is 0 Å². The van der Waals surface area contributed by atoms with Gasteiger partial charge in [0.2, 0.25) is 5.91 Å². The fourth-order valence-electron chi connectivity index (χ4n) is 2.20. The summed E-state index contributed by atoms with van der Waals surface area (Å²) in [6, 6.07) is 7.59. The Morgan fingerprint density at radius 1 is 1.23 bits per heavy atom. The van der Waals surface area contributed by atoms with Crippen molar-refractivity contribution in [2.45, 2.75) is 19.9 Å². The van der Waals surface area contributed by atoms with Gasteiger partial charge in [0.1, 0.15) is 5.75 Å². The molecule has 2 aromatic rings. The van der Waals surface area contributed by atoms with Gasteiger partial charge in [0.15, 0.2) is 5.96 Å². The first-order valence-corrected chi connectivity index (χ1v) is 9.18. The molecule has 26 heavy (non-hydrogen) atoms. The van der Waals surface area contributed by atoms with Crippen molar-refractivity contribution in [3.05, 3.63) is 45.9 Å². The summed E-state index contributed by atoms with van der Waals surface area (Å²) in [4.78, 5) is 21.6. The molecule has 0 unspecified atom stereocenters. The zero-order valence-corrected chi connectivity index (χ0v) is 16.2. The number of methoxy groups -OCH3 is 1. The van der Waals surface area contributed by atoms with Crippen molar-refractivity contribution in [2.24, 2.45) is 4.99 Å². The molecule has 1 aromatic heterocycles. The van der Waals surface area contributed by atoms with E-state index in [-0.39, 0.29) is 12.5 Å². The first-order valence-electron chi connectivity index (χ1n) is 8.36. The molecule has 1 heterocycles. The van der Waals surface area contributed by atoms with Crippen LogP contribution in [0, 0.1) is 6.92 Å². The SMILES string of the molecule is CN=C(NCCc1ncc(C)s1)NCC(=O)NCc1ccc(OC)cc1. The van der Waals surface area contributed by atoms with Gasteiger partial charge in [-0.05, 0) is 24.6 Å². The van der Waals surface area contributed by atoms with Gasteiger partial charge in [-0.15, -0.1) is 11.3 Å². The Morgan fingerprint density at radius 2 is 2.00 bits per heavy atom. The maximum Gasteiger partial charge on any atom is 0.239 e. The monoisotopic (exact) mass is 375 g/mol. The van der Waals surface area contributed by atoms with Crippen molar-refractivity contribution in [2.75, 3.05) is 27.2 Å². The molecule has 0 radical (unpaired) electrons. The Balaban J connectivity index is 1.65. The number of nitrogens with zero attached hydrogens (tertiary/aromatic N) is 2. The van der Waals surface area contributed by atoms with E-state index >= 15 is 0 Å². The highest BCUT2D eigenvalue weighted by Crippen LogP contribution is 2.11. The molecular weight excluding hydrogens is 350 g/mol. The van der Waals surface area contributed by atoms with Crippen molar-refractivity contribution in [3.63, 3.8) is 0 Å². The summed E-state index contributed by atoms with van der Waals surface area (Å²) in [5, 5.41) is 10.1. The molecular formula is C18H25N5O2S. The lowest BCUT2D eigenvalue weighted by atomic mass is 10.2. The van der Waals surface area contributed by atoms with Crippen LogP contribution in [0.25, 0.3) is 0 Å². The standard InChI is InChI=1S/C18H25N5O2S/c1-13-10-22-17(26-13)8-9-20-18(19-2)23-12-16(24)21-11-14-4-6-15(25-3)7-5-14/h4-7,10H,8-9,11-12H2,1-3H3,(H,21,24)(H2,19,20,23). The largest absolute Gasteiger partial charge is 0.497 e. The van der Waals surface area contributed by atoms with Crippen LogP contribution in [-0.4, -0.2) is 44.1 Å². The van der Waals surface area contributed by atoms with Gasteiger partial charge in [-0.1, -0.05) is 12.1 Å². The number of benzene rings is 1. The fraction of sp³-hybridized carbons (Fsp3) is 0.389. The molecule has 0 fully saturated rings. The number of carbonyl (C=O) groups is 1. The molecule has 0 aliphatic rings. The maximum atomic E-state index is 12.0. The second kappa shape index (κ2) is 10.4. The van der Waals surface area contributed by atoms with E-state index in [1.165, 1.54) is 4.88 Å². The van der Waals surface area contributed by atoms with Crippen LogP contribution in [0.4, 0.5) is 0 Å². The number of ether oxygens (including phenoxy) is 1. The minimum atomic E-state index is -0.0979. The number of aryl methyl sites for hydroxylation is 1. The number of hydrogen-bond donors (Lipinski definition) is 3. The van der Waals surface area contributed by atoms with Gasteiger partial charge in [-0.2, -0.15) is 0 Å². The average molecular weight is 375 g/mol. The number of guanidine groups is 1. The molecule has 1 aromatic carbocycles. The maximum absolute atomic E-state index is 12.0. The average Bonchev–Trinajstić information content (AvgIpc) is 3.08. The summed E-state index contributed by atoms with van der Waals surface area (Å²) in [5.74, 6) is 1.29. The van der Waals surface area contributed by atoms with Crippen molar-refractivity contribution in [1.29, 1.82) is 0 Å². The summed E-state index contributed by atoms with van der Waals surface area (Å²) < 4.78 is 5.11. The predicted molar refractivity (Wildman–Crippen MR) is 105 cm³/mol. The van der Waals surface area contributed by atoms with Crippen LogP contribution in [0.15, 0.2) is 35.5 Å². The molecule has 140 valence electrons. The second-order valence-electron chi connectivity index (χ2n) is 5.59. The van der Waals surface area contributed by atoms with Gasteiger partial charge in [-0.25, -0.2) is 4.98 Å². The van der Waals surface area contributed by atoms with Crippen LogP contribution in [-0.2, 0) is 17.8 Å². The highest BCUT2D eigenvalue weighted by Gasteiger charge is 2.05. The zero-order valence-electron chi connectivity index (χ0n) is 15.3. The summed E-state index contributed by atoms with van der Waals surface area (Å²) in [7, 11) is 3.31.